The molecule has 0 bridgehead atoms. The lowest BCUT2D eigenvalue weighted by atomic mass is 9.92. The minimum atomic E-state index is 0.800. The van der Waals surface area contributed by atoms with Gasteiger partial charge in [0.15, 0.2) is 0 Å². The van der Waals surface area contributed by atoms with Crippen LogP contribution in [0.5, 0.6) is 0 Å². The molecule has 0 spiro atoms. The van der Waals surface area contributed by atoms with Gasteiger partial charge in [-0.3, -0.25) is 0 Å². The fourth-order valence-corrected chi connectivity index (χ4v) is 2.47. The van der Waals surface area contributed by atoms with Gasteiger partial charge in [0.2, 0.25) is 0 Å². The average Bonchev–Trinajstić information content (AvgIpc) is 2.77. The second-order valence-corrected chi connectivity index (χ2v) is 4.45. The van der Waals surface area contributed by atoms with Gasteiger partial charge in [0.05, 0.1) is 13.2 Å². The number of benzene rings is 1. The van der Waals surface area contributed by atoms with Crippen LogP contribution in [0.1, 0.15) is 42.4 Å². The molecule has 0 fully saturated rings. The molecule has 0 saturated heterocycles. The minimum Gasteiger partial charge on any atom is -0.372 e. The molecule has 0 radical (unpaired) electrons. The molecule has 1 aromatic carbocycles. The highest BCUT2D eigenvalue weighted by molar-refractivity contribution is 5.67. The van der Waals surface area contributed by atoms with E-state index in [1.165, 1.54) is 47.9 Å². The third-order valence-electron chi connectivity index (χ3n) is 3.38. The third-order valence-corrected chi connectivity index (χ3v) is 3.38. The van der Waals surface area contributed by atoms with Crippen molar-refractivity contribution in [3.8, 4) is 0 Å². The molecular formula is C14H16O. The highest BCUT2D eigenvalue weighted by atomic mass is 16.5. The molecule has 78 valence electrons. The zero-order chi connectivity index (χ0) is 10.1. The monoisotopic (exact) mass is 200 g/mol. The Bertz CT molecular complexity index is 404. The Balaban J connectivity index is 1.95. The quantitative estimate of drug-likeness (QED) is 0.672. The minimum absolute atomic E-state index is 0.800. The molecule has 0 amide bonds. The first-order valence-corrected chi connectivity index (χ1v) is 5.82. The Kier molecular flexibility index (Phi) is 2.34. The van der Waals surface area contributed by atoms with Crippen molar-refractivity contribution < 1.29 is 4.74 Å². The van der Waals surface area contributed by atoms with Crippen LogP contribution in [-0.4, -0.2) is 0 Å². The Morgan fingerprint density at radius 3 is 2.80 bits per heavy atom. The standard InChI is InChI=1S/C14H16O/c1-2-4-11(5-3-1)12-6-7-13-9-15-10-14(13)8-12/h4,6-8H,1-3,5,9-10H2. The molecule has 15 heavy (non-hydrogen) atoms. The summed E-state index contributed by atoms with van der Waals surface area (Å²) in [7, 11) is 0. The highest BCUT2D eigenvalue weighted by Crippen LogP contribution is 2.29. The first-order chi connectivity index (χ1) is 7.43. The molecule has 1 heteroatoms. The zero-order valence-electron chi connectivity index (χ0n) is 8.96. The topological polar surface area (TPSA) is 9.23 Å². The Morgan fingerprint density at radius 1 is 1.00 bits per heavy atom. The van der Waals surface area contributed by atoms with Gasteiger partial charge in [-0.05, 0) is 54.0 Å². The number of ether oxygens (including phenoxy) is 1. The maximum absolute atomic E-state index is 5.44. The maximum atomic E-state index is 5.44. The normalized spacial score (nSPS) is 19.9. The first kappa shape index (κ1) is 9.17. The van der Waals surface area contributed by atoms with Crippen LogP contribution in [0.15, 0.2) is 24.3 Å². The smallest absolute Gasteiger partial charge is 0.0725 e. The van der Waals surface area contributed by atoms with Crippen LogP contribution in [0.4, 0.5) is 0 Å². The third kappa shape index (κ3) is 1.72. The summed E-state index contributed by atoms with van der Waals surface area (Å²) in [6.07, 6.45) is 7.61. The predicted octanol–water partition coefficient (Wildman–Crippen LogP) is 3.67. The van der Waals surface area contributed by atoms with E-state index in [0.717, 1.165) is 13.2 Å². The van der Waals surface area contributed by atoms with Crippen molar-refractivity contribution in [2.24, 2.45) is 0 Å². The lowest BCUT2D eigenvalue weighted by molar-refractivity contribution is 0.134. The van der Waals surface area contributed by atoms with Crippen molar-refractivity contribution in [1.82, 2.24) is 0 Å². The molecule has 2 aliphatic rings. The van der Waals surface area contributed by atoms with Crippen molar-refractivity contribution in [1.29, 1.82) is 0 Å². The average molecular weight is 200 g/mol. The van der Waals surface area contributed by atoms with Crippen LogP contribution in [0.2, 0.25) is 0 Å². The van der Waals surface area contributed by atoms with Crippen molar-refractivity contribution in [3.05, 3.63) is 41.0 Å². The summed E-state index contributed by atoms with van der Waals surface area (Å²) >= 11 is 0. The van der Waals surface area contributed by atoms with Gasteiger partial charge in [-0.25, -0.2) is 0 Å². The second-order valence-electron chi connectivity index (χ2n) is 4.45. The fraction of sp³-hybridized carbons (Fsp3) is 0.429. The summed E-state index contributed by atoms with van der Waals surface area (Å²) < 4.78 is 5.44. The number of hydrogen-bond donors (Lipinski definition) is 0. The van der Waals surface area contributed by atoms with Gasteiger partial charge in [0.1, 0.15) is 0 Å². The molecule has 1 aromatic rings. The van der Waals surface area contributed by atoms with Gasteiger partial charge in [-0.1, -0.05) is 18.2 Å². The number of rotatable bonds is 1. The van der Waals surface area contributed by atoms with Crippen molar-refractivity contribution in [2.45, 2.75) is 38.9 Å². The molecule has 1 heterocycles. The Labute approximate surface area is 90.8 Å². The van der Waals surface area contributed by atoms with Gasteiger partial charge in [-0.15, -0.1) is 0 Å². The van der Waals surface area contributed by atoms with E-state index in [1.54, 1.807) is 0 Å². The first-order valence-electron chi connectivity index (χ1n) is 5.82. The molecule has 1 nitrogen and oxygen atoms in total. The van der Waals surface area contributed by atoms with Crippen LogP contribution in [0.3, 0.4) is 0 Å². The van der Waals surface area contributed by atoms with Gasteiger partial charge < -0.3 is 4.74 Å². The summed E-state index contributed by atoms with van der Waals surface area (Å²) in [5.41, 5.74) is 5.71. The summed E-state index contributed by atoms with van der Waals surface area (Å²) in [4.78, 5) is 0. The van der Waals surface area contributed by atoms with E-state index in [4.69, 9.17) is 4.74 Å². The van der Waals surface area contributed by atoms with Crippen LogP contribution in [0, 0.1) is 0 Å². The number of allylic oxidation sites excluding steroid dienone is 2. The van der Waals surface area contributed by atoms with Crippen LogP contribution in [-0.2, 0) is 18.0 Å². The Hall–Kier alpha value is -1.08. The highest BCUT2D eigenvalue weighted by Gasteiger charge is 2.13. The predicted molar refractivity (Wildman–Crippen MR) is 61.4 cm³/mol. The molecular weight excluding hydrogens is 184 g/mol. The second kappa shape index (κ2) is 3.82. The van der Waals surface area contributed by atoms with E-state index < -0.39 is 0 Å². The summed E-state index contributed by atoms with van der Waals surface area (Å²) in [5, 5.41) is 0. The maximum Gasteiger partial charge on any atom is 0.0725 e. The largest absolute Gasteiger partial charge is 0.372 e. The van der Waals surface area contributed by atoms with Gasteiger partial charge in [0.25, 0.3) is 0 Å². The number of hydrogen-bond acceptors (Lipinski definition) is 1. The summed E-state index contributed by atoms with van der Waals surface area (Å²) in [5.74, 6) is 0. The SMILES string of the molecule is C1=C(c2ccc3c(c2)COC3)CCCC1. The molecule has 0 saturated carbocycles. The lowest BCUT2D eigenvalue weighted by Crippen LogP contribution is -1.93. The lowest BCUT2D eigenvalue weighted by Gasteiger charge is -2.13. The van der Waals surface area contributed by atoms with Crippen molar-refractivity contribution >= 4 is 5.57 Å². The van der Waals surface area contributed by atoms with E-state index in [0.29, 0.717) is 0 Å². The molecule has 0 unspecified atom stereocenters. The van der Waals surface area contributed by atoms with Crippen LogP contribution in [0.25, 0.3) is 5.57 Å². The molecule has 0 N–H and O–H groups in total. The van der Waals surface area contributed by atoms with Gasteiger partial charge >= 0.3 is 0 Å². The van der Waals surface area contributed by atoms with Crippen LogP contribution < -0.4 is 0 Å². The van der Waals surface area contributed by atoms with Crippen LogP contribution >= 0.6 is 0 Å². The van der Waals surface area contributed by atoms with E-state index in [1.807, 2.05) is 0 Å². The molecule has 1 aliphatic carbocycles. The van der Waals surface area contributed by atoms with Crippen molar-refractivity contribution in [3.63, 3.8) is 0 Å². The van der Waals surface area contributed by atoms with E-state index in [2.05, 4.69) is 24.3 Å². The zero-order valence-corrected chi connectivity index (χ0v) is 8.96. The van der Waals surface area contributed by atoms with E-state index in [9.17, 15) is 0 Å². The van der Waals surface area contributed by atoms with Gasteiger partial charge in [-0.2, -0.15) is 0 Å². The fourth-order valence-electron chi connectivity index (χ4n) is 2.47. The molecule has 3 rings (SSSR count). The molecule has 0 atom stereocenters. The summed E-state index contributed by atoms with van der Waals surface area (Å²) in [6.45, 7) is 1.60. The number of fused-ring (bicyclic) bond motifs is 1. The summed E-state index contributed by atoms with van der Waals surface area (Å²) in [6, 6.07) is 6.80. The van der Waals surface area contributed by atoms with Gasteiger partial charge in [0, 0.05) is 0 Å². The van der Waals surface area contributed by atoms with Crippen molar-refractivity contribution in [2.75, 3.05) is 0 Å². The molecule has 0 aromatic heterocycles. The Morgan fingerprint density at radius 2 is 1.93 bits per heavy atom. The van der Waals surface area contributed by atoms with E-state index >= 15 is 0 Å². The van der Waals surface area contributed by atoms with E-state index in [-0.39, 0.29) is 0 Å². The molecule has 1 aliphatic heterocycles.